The summed E-state index contributed by atoms with van der Waals surface area (Å²) in [5, 5.41) is 0. The van der Waals surface area contributed by atoms with Gasteiger partial charge in [0.1, 0.15) is 5.75 Å². The Morgan fingerprint density at radius 2 is 1.52 bits per heavy atom. The van der Waals surface area contributed by atoms with E-state index in [0.717, 1.165) is 5.56 Å². The van der Waals surface area contributed by atoms with Crippen LogP contribution in [0.5, 0.6) is 5.75 Å². The smallest absolute Gasteiger partial charge is 0.342 e. The molecule has 0 N–H and O–H groups in total. The Hall–Kier alpha value is -2.18. The van der Waals surface area contributed by atoms with Crippen LogP contribution in [0.2, 0.25) is 0 Å². The first kappa shape index (κ1) is 19.1. The molecule has 0 amide bonds. The lowest BCUT2D eigenvalue weighted by Crippen LogP contribution is -2.41. The molecule has 0 aromatic heterocycles. The number of para-hydroxylation sites is 1. The molecule has 0 aliphatic rings. The molecule has 0 saturated carbocycles. The standard InChI is InChI=1S/C19H22O5S/c1-14-10-12-16(13-11-14)25(21,22)24-17(19(2,3)4)18(20)23-15-8-6-5-7-9-15/h5-13,17H,1-4H3. The second-order valence-electron chi connectivity index (χ2n) is 6.84. The summed E-state index contributed by atoms with van der Waals surface area (Å²) in [6.45, 7) is 7.00. The van der Waals surface area contributed by atoms with Crippen molar-refractivity contribution in [1.29, 1.82) is 0 Å². The van der Waals surface area contributed by atoms with Gasteiger partial charge < -0.3 is 4.74 Å². The predicted molar refractivity (Wildman–Crippen MR) is 94.8 cm³/mol. The average Bonchev–Trinajstić information content (AvgIpc) is 2.53. The summed E-state index contributed by atoms with van der Waals surface area (Å²) in [5.74, 6) is -0.424. The molecule has 0 bridgehead atoms. The van der Waals surface area contributed by atoms with Crippen molar-refractivity contribution in [2.75, 3.05) is 0 Å². The lowest BCUT2D eigenvalue weighted by atomic mass is 9.89. The minimum atomic E-state index is -4.10. The highest BCUT2D eigenvalue weighted by atomic mass is 32.2. The van der Waals surface area contributed by atoms with Crippen molar-refractivity contribution in [2.24, 2.45) is 5.41 Å². The third-order valence-electron chi connectivity index (χ3n) is 3.49. The number of hydrogen-bond acceptors (Lipinski definition) is 5. The summed E-state index contributed by atoms with van der Waals surface area (Å²) in [5.41, 5.74) is 0.152. The van der Waals surface area contributed by atoms with Gasteiger partial charge in [0, 0.05) is 5.41 Å². The minimum absolute atomic E-state index is 0.000129. The molecule has 6 heteroatoms. The molecule has 2 rings (SSSR count). The van der Waals surface area contributed by atoms with E-state index in [9.17, 15) is 13.2 Å². The molecule has 0 fully saturated rings. The number of hydrogen-bond donors (Lipinski definition) is 0. The van der Waals surface area contributed by atoms with Crippen LogP contribution in [0.1, 0.15) is 26.3 Å². The molecule has 0 saturated heterocycles. The largest absolute Gasteiger partial charge is 0.425 e. The van der Waals surface area contributed by atoms with E-state index in [1.165, 1.54) is 12.1 Å². The van der Waals surface area contributed by atoms with Crippen LogP contribution >= 0.6 is 0 Å². The molecule has 1 atom stereocenters. The number of carbonyl (C=O) groups excluding carboxylic acids is 1. The van der Waals surface area contributed by atoms with Gasteiger partial charge in [-0.15, -0.1) is 0 Å². The molecule has 25 heavy (non-hydrogen) atoms. The number of benzene rings is 2. The molecule has 0 spiro atoms. The van der Waals surface area contributed by atoms with Crippen molar-refractivity contribution < 1.29 is 22.1 Å². The molecule has 0 heterocycles. The van der Waals surface area contributed by atoms with E-state index in [2.05, 4.69) is 0 Å². The first-order valence-corrected chi connectivity index (χ1v) is 9.27. The summed E-state index contributed by atoms with van der Waals surface area (Å²) in [6, 6.07) is 14.7. The van der Waals surface area contributed by atoms with Crippen molar-refractivity contribution in [2.45, 2.75) is 38.7 Å². The number of esters is 1. The Kier molecular flexibility index (Phi) is 5.65. The normalized spacial score (nSPS) is 13.3. The molecule has 0 aliphatic heterocycles. The Bertz CT molecular complexity index is 818. The molecule has 0 radical (unpaired) electrons. The number of rotatable bonds is 5. The first-order valence-electron chi connectivity index (χ1n) is 7.86. The molecule has 5 nitrogen and oxygen atoms in total. The van der Waals surface area contributed by atoms with Gasteiger partial charge in [-0.05, 0) is 31.2 Å². The third kappa shape index (κ3) is 5.14. The highest BCUT2D eigenvalue weighted by Gasteiger charge is 2.38. The Morgan fingerprint density at radius 3 is 2.04 bits per heavy atom. The van der Waals surface area contributed by atoms with Crippen LogP contribution in [-0.2, 0) is 19.1 Å². The fraction of sp³-hybridized carbons (Fsp3) is 0.316. The predicted octanol–water partition coefficient (Wildman–Crippen LogP) is 3.72. The van der Waals surface area contributed by atoms with Gasteiger partial charge in [-0.1, -0.05) is 56.7 Å². The summed E-state index contributed by atoms with van der Waals surface area (Å²) in [7, 11) is -4.10. The van der Waals surface area contributed by atoms with E-state index >= 15 is 0 Å². The van der Waals surface area contributed by atoms with Crippen molar-refractivity contribution in [3.8, 4) is 5.75 Å². The highest BCUT2D eigenvalue weighted by molar-refractivity contribution is 7.86. The molecule has 2 aromatic rings. The van der Waals surface area contributed by atoms with E-state index in [1.54, 1.807) is 63.2 Å². The molecular formula is C19H22O5S. The Labute approximate surface area is 148 Å². The topological polar surface area (TPSA) is 69.7 Å². The second-order valence-corrected chi connectivity index (χ2v) is 8.42. The van der Waals surface area contributed by atoms with Crippen LogP contribution < -0.4 is 4.74 Å². The third-order valence-corrected chi connectivity index (χ3v) is 4.79. The summed E-state index contributed by atoms with van der Waals surface area (Å²) in [6.07, 6.45) is -1.28. The lowest BCUT2D eigenvalue weighted by Gasteiger charge is -2.28. The highest BCUT2D eigenvalue weighted by Crippen LogP contribution is 2.28. The number of aryl methyl sites for hydroxylation is 1. The van der Waals surface area contributed by atoms with Gasteiger partial charge in [0.2, 0.25) is 0 Å². The van der Waals surface area contributed by atoms with Crippen molar-refractivity contribution in [3.05, 3.63) is 60.2 Å². The Morgan fingerprint density at radius 1 is 0.960 bits per heavy atom. The monoisotopic (exact) mass is 362 g/mol. The maximum Gasteiger partial charge on any atom is 0.342 e. The van der Waals surface area contributed by atoms with Gasteiger partial charge in [0.25, 0.3) is 10.1 Å². The van der Waals surface area contributed by atoms with Crippen molar-refractivity contribution in [1.82, 2.24) is 0 Å². The van der Waals surface area contributed by atoms with E-state index < -0.39 is 27.6 Å². The summed E-state index contributed by atoms with van der Waals surface area (Å²) in [4.78, 5) is 12.5. The Balaban J connectivity index is 2.26. The zero-order chi connectivity index (χ0) is 18.7. The summed E-state index contributed by atoms with van der Waals surface area (Å²) < 4.78 is 35.6. The van der Waals surface area contributed by atoms with E-state index in [1.807, 2.05) is 6.92 Å². The van der Waals surface area contributed by atoms with Crippen molar-refractivity contribution >= 4 is 16.1 Å². The fourth-order valence-corrected chi connectivity index (χ4v) is 3.28. The van der Waals surface area contributed by atoms with Gasteiger partial charge in [0.05, 0.1) is 4.90 Å². The molecule has 134 valence electrons. The quantitative estimate of drug-likeness (QED) is 0.461. The maximum atomic E-state index is 12.5. The second kappa shape index (κ2) is 7.37. The minimum Gasteiger partial charge on any atom is -0.425 e. The molecule has 2 aromatic carbocycles. The maximum absolute atomic E-state index is 12.5. The van der Waals surface area contributed by atoms with Crippen LogP contribution in [0.4, 0.5) is 0 Å². The first-order chi connectivity index (χ1) is 11.6. The van der Waals surface area contributed by atoms with Gasteiger partial charge >= 0.3 is 5.97 Å². The number of carbonyl (C=O) groups is 1. The van der Waals surface area contributed by atoms with Gasteiger partial charge in [-0.3, -0.25) is 4.18 Å². The molecule has 1 unspecified atom stereocenters. The van der Waals surface area contributed by atoms with E-state index in [4.69, 9.17) is 8.92 Å². The zero-order valence-electron chi connectivity index (χ0n) is 14.7. The van der Waals surface area contributed by atoms with Gasteiger partial charge in [0.15, 0.2) is 6.10 Å². The molecular weight excluding hydrogens is 340 g/mol. The van der Waals surface area contributed by atoms with Crippen LogP contribution in [0.3, 0.4) is 0 Å². The number of ether oxygens (including phenoxy) is 1. The van der Waals surface area contributed by atoms with E-state index in [-0.39, 0.29) is 4.90 Å². The van der Waals surface area contributed by atoms with Crippen molar-refractivity contribution in [3.63, 3.8) is 0 Å². The lowest BCUT2D eigenvalue weighted by molar-refractivity contribution is -0.147. The SMILES string of the molecule is Cc1ccc(S(=O)(=O)OC(C(=O)Oc2ccccc2)C(C)(C)C)cc1. The average molecular weight is 362 g/mol. The fourth-order valence-electron chi connectivity index (χ4n) is 2.08. The van der Waals surface area contributed by atoms with Crippen LogP contribution in [0, 0.1) is 12.3 Å². The van der Waals surface area contributed by atoms with Crippen LogP contribution in [0.25, 0.3) is 0 Å². The van der Waals surface area contributed by atoms with Crippen LogP contribution in [-0.4, -0.2) is 20.5 Å². The van der Waals surface area contributed by atoms with E-state index in [0.29, 0.717) is 5.75 Å². The van der Waals surface area contributed by atoms with Gasteiger partial charge in [-0.2, -0.15) is 8.42 Å². The molecule has 0 aliphatic carbocycles. The summed E-state index contributed by atoms with van der Waals surface area (Å²) >= 11 is 0. The zero-order valence-corrected chi connectivity index (χ0v) is 15.5. The van der Waals surface area contributed by atoms with Crippen LogP contribution in [0.15, 0.2) is 59.5 Å². The van der Waals surface area contributed by atoms with Gasteiger partial charge in [-0.25, -0.2) is 4.79 Å².